The number of halogens is 1. The van der Waals surface area contributed by atoms with E-state index in [-0.39, 0.29) is 12.8 Å². The number of amides is 2. The molecule has 2 aromatic rings. The summed E-state index contributed by atoms with van der Waals surface area (Å²) >= 11 is 5.86. The van der Waals surface area contributed by atoms with Gasteiger partial charge >= 0.3 is 6.03 Å². The van der Waals surface area contributed by atoms with Gasteiger partial charge in [0.25, 0.3) is 0 Å². The Bertz CT molecular complexity index is 738. The van der Waals surface area contributed by atoms with Crippen molar-refractivity contribution >= 4 is 23.3 Å². The Morgan fingerprint density at radius 2 is 2.04 bits per heavy atom. The summed E-state index contributed by atoms with van der Waals surface area (Å²) in [7, 11) is 0. The van der Waals surface area contributed by atoms with Crippen LogP contribution < -0.4 is 20.1 Å². The third kappa shape index (κ3) is 4.10. The molecule has 2 aromatic carbocycles. The van der Waals surface area contributed by atoms with Crippen molar-refractivity contribution in [3.05, 3.63) is 53.1 Å². The SMILES string of the molecule is O=C(NCCC(O)c1ccc2c(c1)OCO2)Nc1cccc(Cl)c1. The lowest BCUT2D eigenvalue weighted by molar-refractivity contribution is 0.165. The highest BCUT2D eigenvalue weighted by Crippen LogP contribution is 2.34. The largest absolute Gasteiger partial charge is 0.454 e. The molecule has 2 amide bonds. The molecule has 0 spiro atoms. The number of ether oxygens (including phenoxy) is 2. The predicted molar refractivity (Wildman–Crippen MR) is 90.6 cm³/mol. The Hall–Kier alpha value is -2.44. The lowest BCUT2D eigenvalue weighted by Crippen LogP contribution is -2.30. The number of aliphatic hydroxyl groups excluding tert-OH is 1. The van der Waals surface area contributed by atoms with Crippen LogP contribution in [0.1, 0.15) is 18.1 Å². The molecule has 0 aromatic heterocycles. The van der Waals surface area contributed by atoms with Crippen molar-refractivity contribution in [2.24, 2.45) is 0 Å². The van der Waals surface area contributed by atoms with Crippen LogP contribution in [-0.2, 0) is 0 Å². The molecule has 1 unspecified atom stereocenters. The van der Waals surface area contributed by atoms with Crippen molar-refractivity contribution in [2.45, 2.75) is 12.5 Å². The Morgan fingerprint density at radius 3 is 2.88 bits per heavy atom. The number of rotatable bonds is 5. The van der Waals surface area contributed by atoms with Gasteiger partial charge in [-0.2, -0.15) is 0 Å². The van der Waals surface area contributed by atoms with E-state index in [2.05, 4.69) is 10.6 Å². The van der Waals surface area contributed by atoms with E-state index >= 15 is 0 Å². The molecule has 0 saturated heterocycles. The first kappa shape index (κ1) is 16.4. The first-order valence-corrected chi connectivity index (χ1v) is 7.87. The van der Waals surface area contributed by atoms with E-state index in [1.54, 1.807) is 42.5 Å². The molecule has 1 heterocycles. The summed E-state index contributed by atoms with van der Waals surface area (Å²) < 4.78 is 10.5. The summed E-state index contributed by atoms with van der Waals surface area (Å²) in [5, 5.41) is 16.1. The average Bonchev–Trinajstić information content (AvgIpc) is 3.02. The lowest BCUT2D eigenvalue weighted by Gasteiger charge is -2.13. The third-order valence-corrected chi connectivity index (χ3v) is 3.80. The summed E-state index contributed by atoms with van der Waals surface area (Å²) in [6, 6.07) is 11.8. The highest BCUT2D eigenvalue weighted by atomic mass is 35.5. The second-order valence-corrected chi connectivity index (χ2v) is 5.74. The van der Waals surface area contributed by atoms with Gasteiger partial charge in [0, 0.05) is 17.3 Å². The minimum Gasteiger partial charge on any atom is -0.454 e. The molecule has 0 radical (unpaired) electrons. The molecule has 24 heavy (non-hydrogen) atoms. The molecule has 0 saturated carbocycles. The van der Waals surface area contributed by atoms with Crippen LogP contribution in [0.5, 0.6) is 11.5 Å². The minimum absolute atomic E-state index is 0.195. The molecular weight excluding hydrogens is 332 g/mol. The maximum atomic E-state index is 11.8. The van der Waals surface area contributed by atoms with Crippen molar-refractivity contribution < 1.29 is 19.4 Å². The van der Waals surface area contributed by atoms with Crippen LogP contribution in [0.15, 0.2) is 42.5 Å². The summed E-state index contributed by atoms with van der Waals surface area (Å²) in [5.41, 5.74) is 1.33. The Labute approximate surface area is 144 Å². The monoisotopic (exact) mass is 348 g/mol. The van der Waals surface area contributed by atoms with Gasteiger partial charge in [0.1, 0.15) is 0 Å². The molecule has 1 aliphatic rings. The maximum absolute atomic E-state index is 11.8. The number of benzene rings is 2. The number of aliphatic hydroxyl groups is 1. The second-order valence-electron chi connectivity index (χ2n) is 5.31. The number of carbonyl (C=O) groups excluding carboxylic acids is 1. The molecule has 7 heteroatoms. The van der Waals surface area contributed by atoms with Gasteiger partial charge < -0.3 is 25.2 Å². The Kier molecular flexibility index (Phi) is 5.08. The molecular formula is C17H17ClN2O4. The molecule has 126 valence electrons. The fraction of sp³-hybridized carbons (Fsp3) is 0.235. The topological polar surface area (TPSA) is 79.8 Å². The molecule has 0 bridgehead atoms. The highest BCUT2D eigenvalue weighted by Gasteiger charge is 2.16. The van der Waals surface area contributed by atoms with Crippen LogP contribution in [-0.4, -0.2) is 24.5 Å². The van der Waals surface area contributed by atoms with E-state index in [1.165, 1.54) is 0 Å². The second kappa shape index (κ2) is 7.42. The fourth-order valence-electron chi connectivity index (χ4n) is 2.35. The van der Waals surface area contributed by atoms with Gasteiger partial charge in [0.05, 0.1) is 6.10 Å². The predicted octanol–water partition coefficient (Wildman–Crippen LogP) is 3.31. The number of urea groups is 1. The summed E-state index contributed by atoms with van der Waals surface area (Å²) in [4.78, 5) is 11.8. The van der Waals surface area contributed by atoms with Crippen LogP contribution in [0.2, 0.25) is 5.02 Å². The normalized spacial score (nSPS) is 13.4. The third-order valence-electron chi connectivity index (χ3n) is 3.57. The number of carbonyl (C=O) groups is 1. The van der Waals surface area contributed by atoms with Crippen molar-refractivity contribution in [3.63, 3.8) is 0 Å². The molecule has 3 rings (SSSR count). The molecule has 1 atom stereocenters. The van der Waals surface area contributed by atoms with Crippen LogP contribution in [0, 0.1) is 0 Å². The lowest BCUT2D eigenvalue weighted by atomic mass is 10.1. The number of fused-ring (bicyclic) bond motifs is 1. The van der Waals surface area contributed by atoms with Crippen molar-refractivity contribution in [3.8, 4) is 11.5 Å². The van der Waals surface area contributed by atoms with Gasteiger partial charge in [-0.25, -0.2) is 4.79 Å². The maximum Gasteiger partial charge on any atom is 0.319 e. The number of nitrogens with one attached hydrogen (secondary N) is 2. The quantitative estimate of drug-likeness (QED) is 0.774. The van der Waals surface area contributed by atoms with E-state index in [0.29, 0.717) is 35.2 Å². The van der Waals surface area contributed by atoms with Gasteiger partial charge in [-0.3, -0.25) is 0 Å². The number of hydrogen-bond donors (Lipinski definition) is 3. The van der Waals surface area contributed by atoms with Crippen LogP contribution in [0.25, 0.3) is 0 Å². The van der Waals surface area contributed by atoms with Gasteiger partial charge in [-0.15, -0.1) is 0 Å². The molecule has 1 aliphatic heterocycles. The molecule has 0 fully saturated rings. The Morgan fingerprint density at radius 1 is 1.21 bits per heavy atom. The summed E-state index contributed by atoms with van der Waals surface area (Å²) in [6.45, 7) is 0.516. The molecule has 3 N–H and O–H groups in total. The number of hydrogen-bond acceptors (Lipinski definition) is 4. The first-order chi connectivity index (χ1) is 11.6. The Balaban J connectivity index is 1.46. The fourth-order valence-corrected chi connectivity index (χ4v) is 2.54. The van der Waals surface area contributed by atoms with Gasteiger partial charge in [-0.1, -0.05) is 23.7 Å². The smallest absolute Gasteiger partial charge is 0.319 e. The highest BCUT2D eigenvalue weighted by molar-refractivity contribution is 6.30. The average molecular weight is 349 g/mol. The van der Waals surface area contributed by atoms with Crippen LogP contribution >= 0.6 is 11.6 Å². The van der Waals surface area contributed by atoms with Crippen molar-refractivity contribution in [1.29, 1.82) is 0 Å². The summed E-state index contributed by atoms with van der Waals surface area (Å²) in [5.74, 6) is 1.29. The zero-order valence-corrected chi connectivity index (χ0v) is 13.5. The summed E-state index contributed by atoms with van der Waals surface area (Å²) in [6.07, 6.45) is -0.325. The minimum atomic E-state index is -0.703. The van der Waals surface area contributed by atoms with Gasteiger partial charge in [-0.05, 0) is 42.3 Å². The van der Waals surface area contributed by atoms with Crippen LogP contribution in [0.4, 0.5) is 10.5 Å². The van der Waals surface area contributed by atoms with E-state index < -0.39 is 6.10 Å². The standard InChI is InChI=1S/C17H17ClN2O4/c18-12-2-1-3-13(9-12)20-17(22)19-7-6-14(21)11-4-5-15-16(8-11)24-10-23-15/h1-5,8-9,14,21H,6-7,10H2,(H2,19,20,22). The van der Waals surface area contributed by atoms with Gasteiger partial charge in [0.2, 0.25) is 6.79 Å². The first-order valence-electron chi connectivity index (χ1n) is 7.50. The van der Waals surface area contributed by atoms with Gasteiger partial charge in [0.15, 0.2) is 11.5 Å². The van der Waals surface area contributed by atoms with Crippen LogP contribution in [0.3, 0.4) is 0 Å². The zero-order valence-electron chi connectivity index (χ0n) is 12.8. The van der Waals surface area contributed by atoms with E-state index in [4.69, 9.17) is 21.1 Å². The number of anilines is 1. The zero-order chi connectivity index (χ0) is 16.9. The van der Waals surface area contributed by atoms with E-state index in [9.17, 15) is 9.90 Å². The van der Waals surface area contributed by atoms with Crippen molar-refractivity contribution in [2.75, 3.05) is 18.7 Å². The molecule has 6 nitrogen and oxygen atoms in total. The van der Waals surface area contributed by atoms with Crippen molar-refractivity contribution in [1.82, 2.24) is 5.32 Å². The van der Waals surface area contributed by atoms with E-state index in [1.807, 2.05) is 0 Å². The molecule has 0 aliphatic carbocycles. The van der Waals surface area contributed by atoms with E-state index in [0.717, 1.165) is 5.56 Å².